The molecule has 1 aliphatic heterocycles. The van der Waals surface area contributed by atoms with E-state index in [2.05, 4.69) is 67.3 Å². The van der Waals surface area contributed by atoms with E-state index in [1.165, 1.54) is 11.1 Å². The van der Waals surface area contributed by atoms with E-state index in [4.69, 9.17) is 9.97 Å². The predicted molar refractivity (Wildman–Crippen MR) is 145 cm³/mol. The van der Waals surface area contributed by atoms with Crippen LogP contribution < -0.4 is 4.90 Å². The first-order valence-electron chi connectivity index (χ1n) is 12.6. The summed E-state index contributed by atoms with van der Waals surface area (Å²) in [6.45, 7) is 8.98. The Morgan fingerprint density at radius 1 is 0.806 bits per heavy atom. The smallest absolute Gasteiger partial charge is 0.254 e. The summed E-state index contributed by atoms with van der Waals surface area (Å²) in [7, 11) is 0. The lowest BCUT2D eigenvalue weighted by atomic mass is 10.0. The Bertz CT molecular complexity index is 1370. The van der Waals surface area contributed by atoms with Gasteiger partial charge in [-0.15, -0.1) is 0 Å². The van der Waals surface area contributed by atoms with Crippen molar-refractivity contribution in [1.29, 1.82) is 0 Å². The minimum absolute atomic E-state index is 0.108. The summed E-state index contributed by atoms with van der Waals surface area (Å²) in [6, 6.07) is 26.7. The quantitative estimate of drug-likeness (QED) is 0.375. The van der Waals surface area contributed by atoms with Crippen LogP contribution in [0.5, 0.6) is 0 Å². The van der Waals surface area contributed by atoms with E-state index < -0.39 is 0 Å². The van der Waals surface area contributed by atoms with Gasteiger partial charge in [0.25, 0.3) is 5.91 Å². The molecule has 5 heteroatoms. The zero-order valence-electron chi connectivity index (χ0n) is 21.2. The molecule has 0 spiro atoms. The molecule has 1 saturated heterocycles. The fourth-order valence-electron chi connectivity index (χ4n) is 4.87. The van der Waals surface area contributed by atoms with Gasteiger partial charge in [0.2, 0.25) is 0 Å². The molecule has 0 N–H and O–H groups in total. The number of piperazine rings is 1. The first-order valence-corrected chi connectivity index (χ1v) is 12.6. The van der Waals surface area contributed by atoms with Gasteiger partial charge < -0.3 is 9.80 Å². The van der Waals surface area contributed by atoms with Crippen molar-refractivity contribution in [2.45, 2.75) is 27.2 Å². The minimum atomic E-state index is 0.108. The summed E-state index contributed by atoms with van der Waals surface area (Å²) in [4.78, 5) is 27.5. The second-order valence-corrected chi connectivity index (χ2v) is 9.56. The van der Waals surface area contributed by atoms with Gasteiger partial charge in [0.05, 0.1) is 0 Å². The maximum absolute atomic E-state index is 13.2. The van der Waals surface area contributed by atoms with Crippen LogP contribution in [0.1, 0.15) is 38.3 Å². The zero-order chi connectivity index (χ0) is 25.1. The topological polar surface area (TPSA) is 49.3 Å². The number of hydrogen-bond donors (Lipinski definition) is 0. The van der Waals surface area contributed by atoms with Crippen molar-refractivity contribution in [1.82, 2.24) is 14.9 Å². The molecule has 4 aromatic rings. The molecule has 0 bridgehead atoms. The fraction of sp³-hybridized carbons (Fsp3) is 0.258. The van der Waals surface area contributed by atoms with Gasteiger partial charge >= 0.3 is 0 Å². The molecule has 0 unspecified atom stereocenters. The summed E-state index contributed by atoms with van der Waals surface area (Å²) < 4.78 is 0. The summed E-state index contributed by atoms with van der Waals surface area (Å²) in [5.41, 5.74) is 7.41. The Kier molecular flexibility index (Phi) is 6.81. The number of aryl methyl sites for hydroxylation is 3. The molecule has 0 saturated carbocycles. The van der Waals surface area contributed by atoms with Crippen LogP contribution >= 0.6 is 0 Å². The SMILES string of the molecule is Cc1cccc(-c2nc(C)c(Cc3ccccc3)c(N3CCN(C(=O)c4ccccc4C)CC3)n2)c1. The number of benzene rings is 3. The Hall–Kier alpha value is -3.99. The first kappa shape index (κ1) is 23.7. The van der Waals surface area contributed by atoms with E-state index in [1.54, 1.807) is 0 Å². The average Bonchev–Trinajstić information content (AvgIpc) is 2.90. The van der Waals surface area contributed by atoms with Gasteiger partial charge in [-0.05, 0) is 44.0 Å². The van der Waals surface area contributed by atoms with E-state index in [-0.39, 0.29) is 5.91 Å². The van der Waals surface area contributed by atoms with E-state index in [0.29, 0.717) is 13.1 Å². The van der Waals surface area contributed by atoms with Gasteiger partial charge in [-0.1, -0.05) is 72.3 Å². The number of aromatic nitrogens is 2. The lowest BCUT2D eigenvalue weighted by Gasteiger charge is -2.37. The zero-order valence-corrected chi connectivity index (χ0v) is 21.2. The van der Waals surface area contributed by atoms with Crippen molar-refractivity contribution in [3.05, 3.63) is 112 Å². The molecule has 1 fully saturated rings. The molecule has 0 radical (unpaired) electrons. The third-order valence-electron chi connectivity index (χ3n) is 6.93. The molecular weight excluding hydrogens is 444 g/mol. The van der Waals surface area contributed by atoms with Crippen LogP contribution in [0.15, 0.2) is 78.9 Å². The maximum Gasteiger partial charge on any atom is 0.254 e. The minimum Gasteiger partial charge on any atom is -0.353 e. The van der Waals surface area contributed by atoms with Crippen LogP contribution in [-0.4, -0.2) is 47.0 Å². The molecular formula is C31H32N4O. The lowest BCUT2D eigenvalue weighted by Crippen LogP contribution is -2.49. The number of nitrogens with zero attached hydrogens (tertiary/aromatic N) is 4. The van der Waals surface area contributed by atoms with E-state index >= 15 is 0 Å². The molecule has 2 heterocycles. The summed E-state index contributed by atoms with van der Waals surface area (Å²) in [6.07, 6.45) is 0.776. The van der Waals surface area contributed by atoms with Crippen LogP contribution in [0.25, 0.3) is 11.4 Å². The molecule has 1 amide bonds. The Labute approximate surface area is 213 Å². The van der Waals surface area contributed by atoms with Gasteiger partial charge in [0.1, 0.15) is 5.82 Å². The molecule has 5 nitrogen and oxygen atoms in total. The summed E-state index contributed by atoms with van der Waals surface area (Å²) in [5, 5.41) is 0. The monoisotopic (exact) mass is 476 g/mol. The van der Waals surface area contributed by atoms with Gasteiger partial charge in [-0.3, -0.25) is 4.79 Å². The number of carbonyl (C=O) groups is 1. The Morgan fingerprint density at radius 3 is 2.25 bits per heavy atom. The summed E-state index contributed by atoms with van der Waals surface area (Å²) >= 11 is 0. The predicted octanol–water partition coefficient (Wildman–Crippen LogP) is 5.62. The van der Waals surface area contributed by atoms with Gasteiger partial charge in [0.15, 0.2) is 5.82 Å². The molecule has 5 rings (SSSR count). The lowest BCUT2D eigenvalue weighted by molar-refractivity contribution is 0.0745. The van der Waals surface area contributed by atoms with Crippen molar-refractivity contribution in [3.63, 3.8) is 0 Å². The second-order valence-electron chi connectivity index (χ2n) is 9.56. The van der Waals surface area contributed by atoms with Gasteiger partial charge in [-0.25, -0.2) is 9.97 Å². The fourth-order valence-corrected chi connectivity index (χ4v) is 4.87. The highest BCUT2D eigenvalue weighted by Gasteiger charge is 2.26. The van der Waals surface area contributed by atoms with E-state index in [0.717, 1.165) is 59.1 Å². The van der Waals surface area contributed by atoms with Crippen molar-refractivity contribution in [2.75, 3.05) is 31.1 Å². The second kappa shape index (κ2) is 10.3. The third-order valence-corrected chi connectivity index (χ3v) is 6.93. The largest absolute Gasteiger partial charge is 0.353 e. The van der Waals surface area contributed by atoms with Crippen LogP contribution in [0, 0.1) is 20.8 Å². The van der Waals surface area contributed by atoms with Crippen LogP contribution in [-0.2, 0) is 6.42 Å². The molecule has 36 heavy (non-hydrogen) atoms. The molecule has 0 atom stereocenters. The number of hydrogen-bond acceptors (Lipinski definition) is 4. The molecule has 3 aromatic carbocycles. The van der Waals surface area contributed by atoms with E-state index in [9.17, 15) is 4.79 Å². The highest BCUT2D eigenvalue weighted by molar-refractivity contribution is 5.95. The normalized spacial score (nSPS) is 13.6. The number of carbonyl (C=O) groups excluding carboxylic acids is 1. The van der Waals surface area contributed by atoms with Crippen LogP contribution in [0.2, 0.25) is 0 Å². The number of anilines is 1. The van der Waals surface area contributed by atoms with Crippen LogP contribution in [0.4, 0.5) is 5.82 Å². The van der Waals surface area contributed by atoms with Gasteiger partial charge in [0, 0.05) is 55.0 Å². The Balaban J connectivity index is 1.45. The molecule has 1 aromatic heterocycles. The third kappa shape index (κ3) is 5.01. The van der Waals surface area contributed by atoms with Crippen LogP contribution in [0.3, 0.4) is 0 Å². The number of amides is 1. The van der Waals surface area contributed by atoms with Crippen molar-refractivity contribution < 1.29 is 4.79 Å². The highest BCUT2D eigenvalue weighted by atomic mass is 16.2. The summed E-state index contributed by atoms with van der Waals surface area (Å²) in [5.74, 6) is 1.84. The number of rotatable bonds is 5. The van der Waals surface area contributed by atoms with Gasteiger partial charge in [-0.2, -0.15) is 0 Å². The van der Waals surface area contributed by atoms with Crippen molar-refractivity contribution in [3.8, 4) is 11.4 Å². The molecule has 0 aliphatic carbocycles. The van der Waals surface area contributed by atoms with E-state index in [1.807, 2.05) is 42.2 Å². The van der Waals surface area contributed by atoms with Crippen molar-refractivity contribution in [2.24, 2.45) is 0 Å². The highest BCUT2D eigenvalue weighted by Crippen LogP contribution is 2.29. The standard InChI is InChI=1S/C31H32N4O/c1-22-10-9-14-26(20-22)29-32-24(3)28(21-25-12-5-4-6-13-25)30(33-29)34-16-18-35(19-17-34)31(36)27-15-8-7-11-23(27)2/h4-15,20H,16-19,21H2,1-3H3. The Morgan fingerprint density at radius 2 is 1.53 bits per heavy atom. The molecule has 182 valence electrons. The maximum atomic E-state index is 13.2. The van der Waals surface area contributed by atoms with Crippen molar-refractivity contribution >= 4 is 11.7 Å². The first-order chi connectivity index (χ1) is 17.5. The average molecular weight is 477 g/mol. The molecule has 1 aliphatic rings.